The Morgan fingerprint density at radius 3 is 2.64 bits per heavy atom. The minimum Gasteiger partial charge on any atom is -0.383 e. The molecule has 1 fully saturated rings. The molecule has 0 saturated carbocycles. The van der Waals surface area contributed by atoms with E-state index in [1.807, 2.05) is 11.9 Å². The fourth-order valence-corrected chi connectivity index (χ4v) is 4.68. The van der Waals surface area contributed by atoms with E-state index in [2.05, 4.69) is 15.1 Å². The molecule has 188 valence electrons. The Morgan fingerprint density at radius 1 is 1.22 bits per heavy atom. The van der Waals surface area contributed by atoms with Gasteiger partial charge in [0.15, 0.2) is 0 Å². The number of nitrogen functional groups attached to an aromatic ring is 1. The van der Waals surface area contributed by atoms with E-state index in [-0.39, 0.29) is 35.2 Å². The van der Waals surface area contributed by atoms with Gasteiger partial charge in [0.25, 0.3) is 5.91 Å². The molecule has 36 heavy (non-hydrogen) atoms. The van der Waals surface area contributed by atoms with E-state index in [0.29, 0.717) is 22.8 Å². The van der Waals surface area contributed by atoms with Crippen LogP contribution in [0.25, 0.3) is 21.8 Å². The van der Waals surface area contributed by atoms with Crippen molar-refractivity contribution in [2.75, 3.05) is 12.3 Å². The van der Waals surface area contributed by atoms with Gasteiger partial charge in [-0.15, -0.1) is 0 Å². The largest absolute Gasteiger partial charge is 0.417 e. The summed E-state index contributed by atoms with van der Waals surface area (Å²) < 4.78 is 55.8. The van der Waals surface area contributed by atoms with Crippen molar-refractivity contribution >= 4 is 33.5 Å². The monoisotopic (exact) mass is 501 g/mol. The smallest absolute Gasteiger partial charge is 0.383 e. The third-order valence-electron chi connectivity index (χ3n) is 6.55. The zero-order valence-electron chi connectivity index (χ0n) is 19.6. The average molecular weight is 501 g/mol. The summed E-state index contributed by atoms with van der Waals surface area (Å²) in [7, 11) is 1.71. The van der Waals surface area contributed by atoms with Gasteiger partial charge in [-0.05, 0) is 38.0 Å². The molecular formula is C24H23F4N7O. The number of carbonyl (C=O) groups excluding carboxylic acids is 1. The van der Waals surface area contributed by atoms with E-state index in [1.54, 1.807) is 17.9 Å². The Morgan fingerprint density at radius 2 is 2.00 bits per heavy atom. The van der Waals surface area contributed by atoms with Gasteiger partial charge in [-0.1, -0.05) is 0 Å². The summed E-state index contributed by atoms with van der Waals surface area (Å²) in [5.74, 6) is -1.21. The molecule has 0 spiro atoms. The zero-order valence-corrected chi connectivity index (χ0v) is 19.6. The Kier molecular flexibility index (Phi) is 5.78. The molecule has 0 unspecified atom stereocenters. The quantitative estimate of drug-likeness (QED) is 0.419. The summed E-state index contributed by atoms with van der Waals surface area (Å²) in [5, 5.41) is 8.46. The molecule has 4 aromatic rings. The van der Waals surface area contributed by atoms with Gasteiger partial charge >= 0.3 is 6.18 Å². The summed E-state index contributed by atoms with van der Waals surface area (Å²) in [6, 6.07) is 4.72. The van der Waals surface area contributed by atoms with Crippen molar-refractivity contribution in [2.45, 2.75) is 38.5 Å². The van der Waals surface area contributed by atoms with Crippen LogP contribution in [0.2, 0.25) is 0 Å². The molecule has 8 nitrogen and oxygen atoms in total. The first-order chi connectivity index (χ1) is 17.0. The highest BCUT2D eigenvalue weighted by Gasteiger charge is 2.33. The second-order valence-corrected chi connectivity index (χ2v) is 8.93. The number of carbonyl (C=O) groups is 1. The van der Waals surface area contributed by atoms with Crippen LogP contribution in [0.5, 0.6) is 0 Å². The number of hydrazine groups is 1. The van der Waals surface area contributed by atoms with Crippen LogP contribution >= 0.6 is 0 Å². The molecule has 1 aliphatic heterocycles. The van der Waals surface area contributed by atoms with Gasteiger partial charge in [0.2, 0.25) is 0 Å². The van der Waals surface area contributed by atoms with Crippen molar-refractivity contribution in [3.05, 3.63) is 59.3 Å². The molecule has 0 bridgehead atoms. The van der Waals surface area contributed by atoms with Crippen LogP contribution in [0.3, 0.4) is 0 Å². The molecule has 12 heteroatoms. The van der Waals surface area contributed by atoms with Gasteiger partial charge in [-0.2, -0.15) is 18.3 Å². The molecule has 1 saturated heterocycles. The maximum atomic E-state index is 15.3. The van der Waals surface area contributed by atoms with E-state index in [9.17, 15) is 18.0 Å². The first-order valence-electron chi connectivity index (χ1n) is 11.4. The number of pyridine rings is 2. The zero-order chi connectivity index (χ0) is 25.8. The lowest BCUT2D eigenvalue weighted by molar-refractivity contribution is -0.137. The summed E-state index contributed by atoms with van der Waals surface area (Å²) in [6.07, 6.45) is -0.589. The predicted octanol–water partition coefficient (Wildman–Crippen LogP) is 4.30. The van der Waals surface area contributed by atoms with Crippen LogP contribution in [0, 0.1) is 5.82 Å². The third-order valence-corrected chi connectivity index (χ3v) is 6.55. The SMILES string of the molecule is C[C@H]1CCCN1N(Cc1ccc(C(F)(F)F)cn1)C(=O)c1cc2c(cc1F)nc(N)c1cnn(C)c12. The summed E-state index contributed by atoms with van der Waals surface area (Å²) in [5.41, 5.74) is 6.07. The van der Waals surface area contributed by atoms with Crippen molar-refractivity contribution < 1.29 is 22.4 Å². The number of hydrogen-bond donors (Lipinski definition) is 1. The number of halogens is 4. The van der Waals surface area contributed by atoms with Crippen molar-refractivity contribution in [2.24, 2.45) is 7.05 Å². The maximum Gasteiger partial charge on any atom is 0.417 e. The Labute approximate surface area is 203 Å². The number of anilines is 1. The van der Waals surface area contributed by atoms with Crippen LogP contribution < -0.4 is 5.73 Å². The van der Waals surface area contributed by atoms with Crippen LogP contribution in [0.4, 0.5) is 23.4 Å². The van der Waals surface area contributed by atoms with Crippen LogP contribution in [0.15, 0.2) is 36.7 Å². The Hall–Kier alpha value is -3.80. The standard InChI is InChI=1S/C24H23F4N7O/c1-13-4-3-7-34(13)35(12-15-6-5-14(10-30-15)24(26,27)28)23(36)16-8-17-20(9-19(16)25)32-22(29)18-11-31-33(2)21(17)18/h5-6,8-11,13H,3-4,7,12H2,1-2H3,(H2,29,32)/t13-/m0/s1. The number of benzene rings is 1. The van der Waals surface area contributed by atoms with Gasteiger partial charge in [-0.3, -0.25) is 19.5 Å². The molecule has 1 atom stereocenters. The Balaban J connectivity index is 1.58. The third kappa shape index (κ3) is 4.11. The molecule has 1 aromatic carbocycles. The Bertz CT molecular complexity index is 1470. The lowest BCUT2D eigenvalue weighted by Gasteiger charge is -2.35. The normalized spacial score (nSPS) is 16.8. The molecule has 0 aliphatic carbocycles. The number of amides is 1. The number of rotatable bonds is 4. The first kappa shape index (κ1) is 23.9. The van der Waals surface area contributed by atoms with Crippen LogP contribution in [-0.2, 0) is 19.8 Å². The molecule has 0 radical (unpaired) electrons. The number of hydrogen-bond acceptors (Lipinski definition) is 6. The highest BCUT2D eigenvalue weighted by Crippen LogP contribution is 2.32. The van der Waals surface area contributed by atoms with Gasteiger partial charge < -0.3 is 5.73 Å². The minimum atomic E-state index is -4.52. The van der Waals surface area contributed by atoms with Gasteiger partial charge in [0.05, 0.1) is 46.0 Å². The topological polar surface area (TPSA) is 93.2 Å². The summed E-state index contributed by atoms with van der Waals surface area (Å²) >= 11 is 0. The summed E-state index contributed by atoms with van der Waals surface area (Å²) in [4.78, 5) is 21.9. The van der Waals surface area contributed by atoms with E-state index >= 15 is 4.39 Å². The van der Waals surface area contributed by atoms with E-state index in [4.69, 9.17) is 5.73 Å². The number of nitrogens with zero attached hydrogens (tertiary/aromatic N) is 6. The molecular weight excluding hydrogens is 478 g/mol. The number of fused-ring (bicyclic) bond motifs is 3. The fourth-order valence-electron chi connectivity index (χ4n) is 4.68. The second kappa shape index (κ2) is 8.70. The molecule has 3 aromatic heterocycles. The minimum absolute atomic E-state index is 0.0165. The number of alkyl halides is 3. The summed E-state index contributed by atoms with van der Waals surface area (Å²) in [6.45, 7) is 2.38. The maximum absolute atomic E-state index is 15.3. The highest BCUT2D eigenvalue weighted by molar-refractivity contribution is 6.10. The molecule has 1 amide bonds. The highest BCUT2D eigenvalue weighted by atomic mass is 19.4. The molecule has 2 N–H and O–H groups in total. The van der Waals surface area contributed by atoms with Crippen molar-refractivity contribution in [1.29, 1.82) is 0 Å². The number of nitrogens with two attached hydrogens (primary N) is 1. The van der Waals surface area contributed by atoms with Crippen molar-refractivity contribution in [1.82, 2.24) is 29.8 Å². The van der Waals surface area contributed by atoms with Gasteiger partial charge in [-0.25, -0.2) is 14.4 Å². The fraction of sp³-hybridized carbons (Fsp3) is 0.333. The molecule has 4 heterocycles. The lowest BCUT2D eigenvalue weighted by Crippen LogP contribution is -2.48. The van der Waals surface area contributed by atoms with Crippen molar-refractivity contribution in [3.8, 4) is 0 Å². The predicted molar refractivity (Wildman–Crippen MR) is 125 cm³/mol. The number of aryl methyl sites for hydroxylation is 1. The molecule has 5 rings (SSSR count). The molecule has 1 aliphatic rings. The van der Waals surface area contributed by atoms with E-state index in [0.717, 1.165) is 31.2 Å². The van der Waals surface area contributed by atoms with Crippen LogP contribution in [-0.4, -0.2) is 48.3 Å². The van der Waals surface area contributed by atoms with E-state index in [1.165, 1.54) is 17.1 Å². The number of aromatic nitrogens is 4. The van der Waals surface area contributed by atoms with Crippen molar-refractivity contribution in [3.63, 3.8) is 0 Å². The van der Waals surface area contributed by atoms with Crippen LogP contribution in [0.1, 0.15) is 41.4 Å². The average Bonchev–Trinajstić information content (AvgIpc) is 3.42. The lowest BCUT2D eigenvalue weighted by atomic mass is 10.1. The van der Waals surface area contributed by atoms with Gasteiger partial charge in [0.1, 0.15) is 11.6 Å². The second-order valence-electron chi connectivity index (χ2n) is 8.93. The van der Waals surface area contributed by atoms with E-state index < -0.39 is 23.5 Å². The van der Waals surface area contributed by atoms with Gasteiger partial charge in [0, 0.05) is 37.3 Å². The first-order valence-corrected chi connectivity index (χ1v) is 11.4.